The highest BCUT2D eigenvalue weighted by Gasteiger charge is 1.97. The van der Waals surface area contributed by atoms with E-state index in [9.17, 15) is 4.79 Å². The monoisotopic (exact) mass is 137 g/mol. The van der Waals surface area contributed by atoms with Crippen molar-refractivity contribution in [2.75, 3.05) is 0 Å². The highest BCUT2D eigenvalue weighted by Crippen LogP contribution is 1.86. The van der Waals surface area contributed by atoms with E-state index in [4.69, 9.17) is 0 Å². The van der Waals surface area contributed by atoms with Crippen LogP contribution < -0.4 is 0 Å². The van der Waals surface area contributed by atoms with Crippen molar-refractivity contribution >= 4 is 5.78 Å². The van der Waals surface area contributed by atoms with E-state index in [1.165, 1.54) is 19.6 Å². The fourth-order valence-electron chi connectivity index (χ4n) is 0.577. The first-order valence-corrected chi connectivity index (χ1v) is 2.89. The normalized spacial score (nSPS) is 9.30. The molecule has 0 saturated carbocycles. The first-order valence-electron chi connectivity index (χ1n) is 2.89. The highest BCUT2D eigenvalue weighted by atomic mass is 16.1. The third-order valence-corrected chi connectivity index (χ3v) is 0.954. The van der Waals surface area contributed by atoms with Crippen LogP contribution in [0.2, 0.25) is 0 Å². The maximum Gasteiger partial charge on any atom is 0.139 e. The number of ketones is 1. The van der Waals surface area contributed by atoms with Gasteiger partial charge in [-0.05, 0) is 6.92 Å². The lowest BCUT2D eigenvalue weighted by Gasteiger charge is -1.90. The van der Waals surface area contributed by atoms with E-state index in [-0.39, 0.29) is 5.78 Å². The molecule has 0 unspecified atom stereocenters. The number of hydrogen-bond acceptors (Lipinski definition) is 4. The van der Waals surface area contributed by atoms with Crippen LogP contribution >= 0.6 is 0 Å². The van der Waals surface area contributed by atoms with Gasteiger partial charge in [-0.3, -0.25) is 4.79 Å². The lowest BCUT2D eigenvalue weighted by atomic mass is 10.3. The average Bonchev–Trinajstić information content (AvgIpc) is 1.88. The Kier molecular flexibility index (Phi) is 2.04. The Morgan fingerprint density at radius 1 is 1.50 bits per heavy atom. The standard InChI is InChI=1S/C6H7N3O/c1-5(10)2-6-8-3-7-4-9-6/h3-4H,2H2,1H3. The molecular weight excluding hydrogens is 130 g/mol. The summed E-state index contributed by atoms with van der Waals surface area (Å²) < 4.78 is 0. The molecule has 0 saturated heterocycles. The first kappa shape index (κ1) is 6.80. The van der Waals surface area contributed by atoms with Gasteiger partial charge >= 0.3 is 0 Å². The Balaban J connectivity index is 2.67. The van der Waals surface area contributed by atoms with Gasteiger partial charge in [0.2, 0.25) is 0 Å². The summed E-state index contributed by atoms with van der Waals surface area (Å²) in [6.45, 7) is 1.50. The predicted molar refractivity (Wildman–Crippen MR) is 34.2 cm³/mol. The SMILES string of the molecule is CC(=O)Cc1ncncn1. The predicted octanol–water partition coefficient (Wildman–Crippen LogP) is 0.00310. The third-order valence-electron chi connectivity index (χ3n) is 0.954. The number of Topliss-reactive ketones (excluding diaryl/α,β-unsaturated/α-hetero) is 1. The minimum absolute atomic E-state index is 0.0613. The van der Waals surface area contributed by atoms with Crippen LogP contribution in [0.3, 0.4) is 0 Å². The molecule has 0 aliphatic heterocycles. The summed E-state index contributed by atoms with van der Waals surface area (Å²) in [6, 6.07) is 0. The summed E-state index contributed by atoms with van der Waals surface area (Å²) in [5, 5.41) is 0. The Bertz CT molecular complexity index is 222. The molecule has 1 aromatic heterocycles. The average molecular weight is 137 g/mol. The van der Waals surface area contributed by atoms with E-state index < -0.39 is 0 Å². The summed E-state index contributed by atoms with van der Waals surface area (Å²) >= 11 is 0. The Labute approximate surface area is 58.3 Å². The van der Waals surface area contributed by atoms with Crippen molar-refractivity contribution in [1.29, 1.82) is 0 Å². The van der Waals surface area contributed by atoms with Crippen LogP contribution in [0.5, 0.6) is 0 Å². The minimum atomic E-state index is 0.0613. The van der Waals surface area contributed by atoms with Crippen molar-refractivity contribution in [3.8, 4) is 0 Å². The van der Waals surface area contributed by atoms with Crippen molar-refractivity contribution in [3.63, 3.8) is 0 Å². The maximum absolute atomic E-state index is 10.5. The summed E-state index contributed by atoms with van der Waals surface area (Å²) in [7, 11) is 0. The molecule has 0 fully saturated rings. The van der Waals surface area contributed by atoms with Crippen LogP contribution in [0, 0.1) is 0 Å². The topological polar surface area (TPSA) is 55.7 Å². The molecule has 0 aromatic carbocycles. The minimum Gasteiger partial charge on any atom is -0.300 e. The number of hydrogen-bond donors (Lipinski definition) is 0. The number of rotatable bonds is 2. The van der Waals surface area contributed by atoms with E-state index in [0.29, 0.717) is 12.2 Å². The molecule has 0 radical (unpaired) electrons. The fraction of sp³-hybridized carbons (Fsp3) is 0.333. The second kappa shape index (κ2) is 3.00. The summed E-state index contributed by atoms with van der Waals surface area (Å²) in [6.07, 6.45) is 3.05. The molecule has 52 valence electrons. The molecule has 4 nitrogen and oxygen atoms in total. The molecule has 0 amide bonds. The van der Waals surface area contributed by atoms with Gasteiger partial charge in [0.1, 0.15) is 24.3 Å². The lowest BCUT2D eigenvalue weighted by molar-refractivity contribution is -0.116. The molecule has 0 spiro atoms. The van der Waals surface area contributed by atoms with Crippen molar-refractivity contribution in [3.05, 3.63) is 18.5 Å². The molecular formula is C6H7N3O. The van der Waals surface area contributed by atoms with Gasteiger partial charge in [-0.25, -0.2) is 15.0 Å². The molecule has 0 aliphatic rings. The Hall–Kier alpha value is -1.32. The van der Waals surface area contributed by atoms with Crippen molar-refractivity contribution < 1.29 is 4.79 Å². The van der Waals surface area contributed by atoms with E-state index in [1.807, 2.05) is 0 Å². The van der Waals surface area contributed by atoms with Gasteiger partial charge in [-0.2, -0.15) is 0 Å². The largest absolute Gasteiger partial charge is 0.300 e. The number of nitrogens with zero attached hydrogens (tertiary/aromatic N) is 3. The second-order valence-corrected chi connectivity index (χ2v) is 1.93. The molecule has 1 aromatic rings. The molecule has 10 heavy (non-hydrogen) atoms. The molecule has 0 atom stereocenters. The number of carbonyl (C=O) groups is 1. The van der Waals surface area contributed by atoms with E-state index >= 15 is 0 Å². The quantitative estimate of drug-likeness (QED) is 0.575. The van der Waals surface area contributed by atoms with Gasteiger partial charge in [0.25, 0.3) is 0 Å². The Morgan fingerprint density at radius 2 is 2.10 bits per heavy atom. The molecule has 1 heterocycles. The highest BCUT2D eigenvalue weighted by molar-refractivity contribution is 5.77. The van der Waals surface area contributed by atoms with Gasteiger partial charge in [0, 0.05) is 0 Å². The maximum atomic E-state index is 10.5. The van der Waals surface area contributed by atoms with E-state index in [2.05, 4.69) is 15.0 Å². The van der Waals surface area contributed by atoms with Gasteiger partial charge in [-0.15, -0.1) is 0 Å². The van der Waals surface area contributed by atoms with Crippen molar-refractivity contribution in [1.82, 2.24) is 15.0 Å². The number of carbonyl (C=O) groups excluding carboxylic acids is 1. The second-order valence-electron chi connectivity index (χ2n) is 1.93. The zero-order valence-corrected chi connectivity index (χ0v) is 5.61. The van der Waals surface area contributed by atoms with Crippen LogP contribution in [0.4, 0.5) is 0 Å². The smallest absolute Gasteiger partial charge is 0.139 e. The lowest BCUT2D eigenvalue weighted by Crippen LogP contribution is -2.01. The molecule has 1 rings (SSSR count). The molecule has 0 aliphatic carbocycles. The fourth-order valence-corrected chi connectivity index (χ4v) is 0.577. The van der Waals surface area contributed by atoms with Crippen LogP contribution in [0.1, 0.15) is 12.7 Å². The number of aromatic nitrogens is 3. The van der Waals surface area contributed by atoms with Crippen LogP contribution in [-0.4, -0.2) is 20.7 Å². The van der Waals surface area contributed by atoms with E-state index in [0.717, 1.165) is 0 Å². The van der Waals surface area contributed by atoms with Crippen LogP contribution in [0.25, 0.3) is 0 Å². The van der Waals surface area contributed by atoms with Crippen molar-refractivity contribution in [2.24, 2.45) is 0 Å². The van der Waals surface area contributed by atoms with Gasteiger partial charge in [0.15, 0.2) is 0 Å². The zero-order valence-electron chi connectivity index (χ0n) is 5.61. The van der Waals surface area contributed by atoms with Gasteiger partial charge in [-0.1, -0.05) is 0 Å². The first-order chi connectivity index (χ1) is 4.79. The molecule has 4 heteroatoms. The van der Waals surface area contributed by atoms with Crippen molar-refractivity contribution in [2.45, 2.75) is 13.3 Å². The molecule has 0 bridgehead atoms. The van der Waals surface area contributed by atoms with E-state index in [1.54, 1.807) is 0 Å². The van der Waals surface area contributed by atoms with Gasteiger partial charge < -0.3 is 0 Å². The van der Waals surface area contributed by atoms with Gasteiger partial charge in [0.05, 0.1) is 6.42 Å². The third kappa shape index (κ3) is 1.89. The van der Waals surface area contributed by atoms with Crippen LogP contribution in [0.15, 0.2) is 12.7 Å². The molecule has 0 N–H and O–H groups in total. The summed E-state index contributed by atoms with van der Waals surface area (Å²) in [4.78, 5) is 21.7. The zero-order chi connectivity index (χ0) is 7.40. The van der Waals surface area contributed by atoms with Crippen LogP contribution in [-0.2, 0) is 11.2 Å². The Morgan fingerprint density at radius 3 is 2.60 bits per heavy atom. The summed E-state index contributed by atoms with van der Waals surface area (Å²) in [5.74, 6) is 0.591. The summed E-state index contributed by atoms with van der Waals surface area (Å²) in [5.41, 5.74) is 0.